The van der Waals surface area contributed by atoms with Gasteiger partial charge in [-0.3, -0.25) is 4.79 Å². The van der Waals surface area contributed by atoms with Gasteiger partial charge in [-0.1, -0.05) is 31.0 Å². The number of aliphatic hydroxyl groups is 1. The molecule has 0 aromatic heterocycles. The van der Waals surface area contributed by atoms with E-state index in [2.05, 4.69) is 9.62 Å². The summed E-state index contributed by atoms with van der Waals surface area (Å²) in [5.74, 6) is 0.360. The molecule has 9 heteroatoms. The molecule has 0 unspecified atom stereocenters. The van der Waals surface area contributed by atoms with Crippen molar-refractivity contribution in [2.75, 3.05) is 18.0 Å². The van der Waals surface area contributed by atoms with Crippen molar-refractivity contribution in [1.82, 2.24) is 4.72 Å². The van der Waals surface area contributed by atoms with Crippen LogP contribution in [0, 0.1) is 17.8 Å². The molecule has 2 N–H and O–H groups in total. The molecule has 0 saturated heterocycles. The molecule has 41 heavy (non-hydrogen) atoms. The van der Waals surface area contributed by atoms with E-state index in [-0.39, 0.29) is 17.4 Å². The summed E-state index contributed by atoms with van der Waals surface area (Å²) in [5, 5.41) is 11.5. The second-order valence-corrected chi connectivity index (χ2v) is 15.1. The van der Waals surface area contributed by atoms with Gasteiger partial charge in [0.1, 0.15) is 12.4 Å². The Morgan fingerprint density at radius 2 is 1.85 bits per heavy atom. The summed E-state index contributed by atoms with van der Waals surface area (Å²) in [7, 11) is -3.89. The van der Waals surface area contributed by atoms with Crippen LogP contribution in [0.4, 0.5) is 5.69 Å². The fourth-order valence-electron chi connectivity index (χ4n) is 6.76. The molecule has 3 aliphatic rings. The highest BCUT2D eigenvalue weighted by Gasteiger charge is 2.44. The van der Waals surface area contributed by atoms with Crippen molar-refractivity contribution in [2.24, 2.45) is 17.8 Å². The van der Waals surface area contributed by atoms with Crippen molar-refractivity contribution in [2.45, 2.75) is 89.6 Å². The second-order valence-electron chi connectivity index (χ2n) is 12.6. The number of rotatable bonds is 0. The van der Waals surface area contributed by atoms with E-state index in [0.29, 0.717) is 36.1 Å². The maximum atomic E-state index is 13.3. The standard InChI is InChI=1S/C32H43ClN2O5S/c1-21-7-6-15-32(3,37)28-13-10-25(28)19-35-16-5-4-8-23-17-27(33)12-9-26(23)20-40-30-14-11-24(18-29(30)35)31(36)34-41(38,39)22(21)2/h9,11-12,14,17-18,21-22,25,28,37H,4-8,10,13,15-16,19-20H2,1-3H3,(H,34,36)/t21-,22+,25-,28+,32-/m0/s1. The van der Waals surface area contributed by atoms with E-state index in [0.717, 1.165) is 62.9 Å². The number of aryl methyl sites for hydroxylation is 1. The van der Waals surface area contributed by atoms with Gasteiger partial charge in [-0.25, -0.2) is 13.1 Å². The van der Waals surface area contributed by atoms with Crippen LogP contribution >= 0.6 is 11.6 Å². The van der Waals surface area contributed by atoms with E-state index < -0.39 is 26.8 Å². The Labute approximate surface area is 249 Å². The first-order valence-corrected chi connectivity index (χ1v) is 16.9. The van der Waals surface area contributed by atoms with Gasteiger partial charge in [-0.15, -0.1) is 0 Å². The molecule has 224 valence electrons. The normalized spacial score (nSPS) is 30.9. The fourth-order valence-corrected chi connectivity index (χ4v) is 8.26. The highest BCUT2D eigenvalue weighted by Crippen LogP contribution is 2.46. The molecule has 1 fully saturated rings. The Kier molecular flexibility index (Phi) is 8.93. The zero-order valence-electron chi connectivity index (χ0n) is 24.4. The predicted octanol–water partition coefficient (Wildman–Crippen LogP) is 6.11. The third kappa shape index (κ3) is 6.70. The van der Waals surface area contributed by atoms with Gasteiger partial charge < -0.3 is 14.7 Å². The SMILES string of the molecule is C[C@@H]1[C@@H](C)CCC[C@](C)(O)[C@@H]2CC[C@H]2CN2CCCCc3cc(Cl)ccc3COc3ccc(cc32)C(=O)NS1(=O)=O. The largest absolute Gasteiger partial charge is 0.487 e. The van der Waals surface area contributed by atoms with Crippen LogP contribution in [-0.2, 0) is 23.1 Å². The third-order valence-electron chi connectivity index (χ3n) is 9.78. The van der Waals surface area contributed by atoms with Gasteiger partial charge in [0.15, 0.2) is 0 Å². The van der Waals surface area contributed by atoms with Crippen LogP contribution in [0.3, 0.4) is 0 Å². The van der Waals surface area contributed by atoms with Gasteiger partial charge >= 0.3 is 0 Å². The predicted molar refractivity (Wildman–Crippen MR) is 163 cm³/mol. The zero-order chi connectivity index (χ0) is 29.4. The lowest BCUT2D eigenvalue weighted by molar-refractivity contribution is -0.0745. The van der Waals surface area contributed by atoms with E-state index in [1.807, 2.05) is 32.0 Å². The second kappa shape index (κ2) is 12.1. The molecule has 1 amide bonds. The number of amides is 1. The van der Waals surface area contributed by atoms with Gasteiger partial charge in [0, 0.05) is 23.7 Å². The number of halogens is 1. The highest BCUT2D eigenvalue weighted by molar-refractivity contribution is 7.90. The molecule has 2 heterocycles. The monoisotopic (exact) mass is 602 g/mol. The lowest BCUT2D eigenvalue weighted by Gasteiger charge is -2.48. The summed E-state index contributed by atoms with van der Waals surface area (Å²) in [5.41, 5.74) is 2.51. The summed E-state index contributed by atoms with van der Waals surface area (Å²) in [6.07, 6.45) is 6.85. The number of ether oxygens (including phenoxy) is 1. The molecule has 5 atom stereocenters. The van der Waals surface area contributed by atoms with Crippen molar-refractivity contribution in [1.29, 1.82) is 0 Å². The minimum absolute atomic E-state index is 0.157. The van der Waals surface area contributed by atoms with E-state index in [1.54, 1.807) is 25.1 Å². The first-order valence-electron chi connectivity index (χ1n) is 15.0. The van der Waals surface area contributed by atoms with E-state index in [4.69, 9.17) is 16.3 Å². The number of carbonyl (C=O) groups excluding carboxylic acids is 1. The first kappa shape index (κ1) is 30.2. The smallest absolute Gasteiger partial charge is 0.264 e. The number of hydrogen-bond donors (Lipinski definition) is 2. The summed E-state index contributed by atoms with van der Waals surface area (Å²) < 4.78 is 35.1. The molecule has 0 radical (unpaired) electrons. The van der Waals surface area contributed by atoms with Crippen LogP contribution in [-0.4, -0.2) is 43.4 Å². The zero-order valence-corrected chi connectivity index (χ0v) is 25.9. The van der Waals surface area contributed by atoms with Gasteiger partial charge in [0.2, 0.25) is 10.0 Å². The highest BCUT2D eigenvalue weighted by atomic mass is 35.5. The van der Waals surface area contributed by atoms with Crippen LogP contribution in [0.5, 0.6) is 5.75 Å². The van der Waals surface area contributed by atoms with Crippen LogP contribution < -0.4 is 14.4 Å². The summed E-state index contributed by atoms with van der Waals surface area (Å²) >= 11 is 6.31. The van der Waals surface area contributed by atoms with E-state index >= 15 is 0 Å². The molecule has 2 bridgehead atoms. The Bertz CT molecular complexity index is 1380. The minimum atomic E-state index is -3.89. The van der Waals surface area contributed by atoms with E-state index in [1.165, 1.54) is 5.56 Å². The Morgan fingerprint density at radius 1 is 1.05 bits per heavy atom. The number of benzene rings is 2. The van der Waals surface area contributed by atoms with Crippen molar-refractivity contribution < 1.29 is 23.1 Å². The van der Waals surface area contributed by atoms with Crippen LogP contribution in [0.15, 0.2) is 36.4 Å². The Balaban J connectivity index is 1.54. The van der Waals surface area contributed by atoms with Crippen LogP contribution in [0.25, 0.3) is 0 Å². The molecule has 0 spiro atoms. The molecule has 2 aromatic rings. The lowest BCUT2D eigenvalue weighted by Crippen LogP contribution is -2.49. The fraction of sp³-hybridized carbons (Fsp3) is 0.594. The van der Waals surface area contributed by atoms with Crippen molar-refractivity contribution in [3.63, 3.8) is 0 Å². The van der Waals surface area contributed by atoms with Gasteiger partial charge in [-0.2, -0.15) is 0 Å². The maximum absolute atomic E-state index is 13.3. The average molecular weight is 603 g/mol. The lowest BCUT2D eigenvalue weighted by atomic mass is 9.63. The number of hydrogen-bond acceptors (Lipinski definition) is 6. The molecule has 2 aliphatic heterocycles. The Hall–Kier alpha value is -2.29. The molecular weight excluding hydrogens is 560 g/mol. The molecule has 5 rings (SSSR count). The quantitative estimate of drug-likeness (QED) is 0.378. The van der Waals surface area contributed by atoms with E-state index in [9.17, 15) is 18.3 Å². The average Bonchev–Trinajstić information content (AvgIpc) is 2.92. The van der Waals surface area contributed by atoms with Gasteiger partial charge in [0.25, 0.3) is 5.91 Å². The van der Waals surface area contributed by atoms with Crippen molar-refractivity contribution in [3.05, 3.63) is 58.1 Å². The van der Waals surface area contributed by atoms with Crippen molar-refractivity contribution in [3.8, 4) is 5.75 Å². The number of anilines is 1. The number of sulfonamides is 1. The van der Waals surface area contributed by atoms with Crippen LogP contribution in [0.2, 0.25) is 5.02 Å². The van der Waals surface area contributed by atoms with Gasteiger partial charge in [0.05, 0.1) is 16.5 Å². The molecule has 1 saturated carbocycles. The number of fused-ring (bicyclic) bond motifs is 3. The molecular formula is C32H43ClN2O5S. The molecule has 1 aliphatic carbocycles. The number of carbonyl (C=O) groups is 1. The third-order valence-corrected chi connectivity index (χ3v) is 11.9. The summed E-state index contributed by atoms with van der Waals surface area (Å²) in [6, 6.07) is 11.1. The topological polar surface area (TPSA) is 95.9 Å². The molecule has 2 aromatic carbocycles. The van der Waals surface area contributed by atoms with Gasteiger partial charge in [-0.05, 0) is 118 Å². The van der Waals surface area contributed by atoms with Crippen LogP contribution in [0.1, 0.15) is 87.2 Å². The summed E-state index contributed by atoms with van der Waals surface area (Å²) in [4.78, 5) is 15.6. The minimum Gasteiger partial charge on any atom is -0.487 e. The molecule has 7 nitrogen and oxygen atoms in total. The Morgan fingerprint density at radius 3 is 2.61 bits per heavy atom. The maximum Gasteiger partial charge on any atom is 0.264 e. The first-order chi connectivity index (χ1) is 19.4. The summed E-state index contributed by atoms with van der Waals surface area (Å²) in [6.45, 7) is 7.37. The number of nitrogens with one attached hydrogen (secondary N) is 1. The number of nitrogens with zero attached hydrogens (tertiary/aromatic N) is 1. The van der Waals surface area contributed by atoms with Crippen molar-refractivity contribution >= 4 is 33.2 Å².